The van der Waals surface area contributed by atoms with Crippen LogP contribution in [-0.4, -0.2) is 15.0 Å². The van der Waals surface area contributed by atoms with E-state index in [4.69, 9.17) is 14.4 Å². The minimum Gasteiger partial charge on any atom is -0.437 e. The largest absolute Gasteiger partial charge is 0.437 e. The Bertz CT molecular complexity index is 1530. The Morgan fingerprint density at radius 2 is 1.57 bits per heavy atom. The summed E-state index contributed by atoms with van der Waals surface area (Å²) in [5.41, 5.74) is 4.26. The van der Waals surface area contributed by atoms with Gasteiger partial charge in [0.2, 0.25) is 5.71 Å². The number of rotatable bonds is 1. The first kappa shape index (κ1) is 15.3. The molecular formula is C24H15N3O. The Kier molecular flexibility index (Phi) is 3.06. The lowest BCUT2D eigenvalue weighted by molar-refractivity contribution is 0.655. The number of furan rings is 1. The second kappa shape index (κ2) is 5.60. The number of pyridine rings is 1. The molecule has 0 radical (unpaired) electrons. The molecule has 28 heavy (non-hydrogen) atoms. The number of hydrogen-bond donors (Lipinski definition) is 0. The van der Waals surface area contributed by atoms with Gasteiger partial charge >= 0.3 is 0 Å². The van der Waals surface area contributed by atoms with Crippen LogP contribution in [0.3, 0.4) is 0 Å². The van der Waals surface area contributed by atoms with Gasteiger partial charge in [0.15, 0.2) is 0 Å². The van der Waals surface area contributed by atoms with Crippen molar-refractivity contribution in [1.82, 2.24) is 15.0 Å². The molecule has 132 valence electrons. The molecule has 4 heteroatoms. The van der Waals surface area contributed by atoms with Crippen LogP contribution in [0.15, 0.2) is 77.3 Å². The van der Waals surface area contributed by atoms with E-state index >= 15 is 0 Å². The summed E-state index contributed by atoms with van der Waals surface area (Å²) in [7, 11) is 0. The molecule has 0 aliphatic heterocycles. The molecule has 0 atom stereocenters. The maximum atomic E-state index is 6.14. The van der Waals surface area contributed by atoms with Crippen molar-refractivity contribution in [3.05, 3.63) is 78.8 Å². The van der Waals surface area contributed by atoms with Gasteiger partial charge in [0.25, 0.3) is 0 Å². The molecule has 0 saturated heterocycles. The summed E-state index contributed by atoms with van der Waals surface area (Å²) in [6.07, 6.45) is 1.75. The van der Waals surface area contributed by atoms with E-state index in [9.17, 15) is 0 Å². The normalized spacial score (nSPS) is 11.8. The maximum Gasteiger partial charge on any atom is 0.227 e. The number of nitrogens with zero attached hydrogens (tertiary/aromatic N) is 3. The number of para-hydroxylation sites is 1. The standard InChI is InChI=1S/C24H15N3O/c1-14-26-21-16-7-3-2-6-15(16)11-12-19(21)22(27-14)20-9-4-8-17-18-10-5-13-25-24(18)28-23(17)20/h2-13H,1H3. The van der Waals surface area contributed by atoms with Crippen LogP contribution in [0.4, 0.5) is 0 Å². The van der Waals surface area contributed by atoms with Gasteiger partial charge in [0, 0.05) is 33.3 Å². The van der Waals surface area contributed by atoms with E-state index < -0.39 is 0 Å². The maximum absolute atomic E-state index is 6.14. The molecule has 0 fully saturated rings. The summed E-state index contributed by atoms with van der Waals surface area (Å²) < 4.78 is 6.14. The lowest BCUT2D eigenvalue weighted by Crippen LogP contribution is -1.95. The topological polar surface area (TPSA) is 51.8 Å². The summed E-state index contributed by atoms with van der Waals surface area (Å²) in [6, 6.07) is 22.7. The van der Waals surface area contributed by atoms with Gasteiger partial charge in [-0.05, 0) is 36.6 Å². The van der Waals surface area contributed by atoms with Gasteiger partial charge in [-0.15, -0.1) is 0 Å². The van der Waals surface area contributed by atoms with Crippen LogP contribution in [0, 0.1) is 6.92 Å². The van der Waals surface area contributed by atoms with Crippen molar-refractivity contribution < 1.29 is 4.42 Å². The molecular weight excluding hydrogens is 346 g/mol. The Hall–Kier alpha value is -3.79. The van der Waals surface area contributed by atoms with Crippen molar-refractivity contribution in [1.29, 1.82) is 0 Å². The van der Waals surface area contributed by atoms with Gasteiger partial charge in [-0.2, -0.15) is 0 Å². The first-order valence-corrected chi connectivity index (χ1v) is 9.22. The monoisotopic (exact) mass is 361 g/mol. The molecule has 0 aliphatic rings. The molecule has 0 unspecified atom stereocenters. The van der Waals surface area contributed by atoms with E-state index in [1.807, 2.05) is 37.3 Å². The van der Waals surface area contributed by atoms with E-state index in [0.29, 0.717) is 5.71 Å². The van der Waals surface area contributed by atoms with Gasteiger partial charge in [-0.1, -0.05) is 42.5 Å². The van der Waals surface area contributed by atoms with Crippen LogP contribution >= 0.6 is 0 Å². The van der Waals surface area contributed by atoms with Gasteiger partial charge in [-0.3, -0.25) is 0 Å². The second-order valence-electron chi connectivity index (χ2n) is 6.94. The van der Waals surface area contributed by atoms with Gasteiger partial charge < -0.3 is 4.42 Å². The highest BCUT2D eigenvalue weighted by Crippen LogP contribution is 2.37. The van der Waals surface area contributed by atoms with Crippen LogP contribution in [0.2, 0.25) is 0 Å². The third kappa shape index (κ3) is 2.09. The highest BCUT2D eigenvalue weighted by atomic mass is 16.3. The molecule has 0 N–H and O–H groups in total. The fourth-order valence-electron chi connectivity index (χ4n) is 4.00. The number of fused-ring (bicyclic) bond motifs is 6. The van der Waals surface area contributed by atoms with E-state index in [1.165, 1.54) is 5.39 Å². The zero-order valence-corrected chi connectivity index (χ0v) is 15.2. The lowest BCUT2D eigenvalue weighted by atomic mass is 10.0. The molecule has 3 aromatic heterocycles. The van der Waals surface area contributed by atoms with Crippen LogP contribution in [0.25, 0.3) is 55.0 Å². The summed E-state index contributed by atoms with van der Waals surface area (Å²) in [5, 5.41) is 5.38. The van der Waals surface area contributed by atoms with Crippen molar-refractivity contribution in [3.63, 3.8) is 0 Å². The molecule has 0 bridgehead atoms. The van der Waals surface area contributed by atoms with Crippen LogP contribution in [0.5, 0.6) is 0 Å². The summed E-state index contributed by atoms with van der Waals surface area (Å²) in [6.45, 7) is 1.94. The number of hydrogen-bond acceptors (Lipinski definition) is 4. The Balaban J connectivity index is 1.77. The van der Waals surface area contributed by atoms with Gasteiger partial charge in [0.05, 0.1) is 11.2 Å². The third-order valence-electron chi connectivity index (χ3n) is 5.23. The molecule has 0 saturated carbocycles. The minimum absolute atomic E-state index is 0.644. The van der Waals surface area contributed by atoms with Crippen LogP contribution in [0.1, 0.15) is 5.82 Å². The molecule has 0 amide bonds. The Morgan fingerprint density at radius 1 is 0.714 bits per heavy atom. The smallest absolute Gasteiger partial charge is 0.227 e. The van der Waals surface area contributed by atoms with E-state index in [2.05, 4.69) is 41.4 Å². The second-order valence-corrected chi connectivity index (χ2v) is 6.94. The zero-order chi connectivity index (χ0) is 18.7. The number of aromatic nitrogens is 3. The number of aryl methyl sites for hydroxylation is 1. The Labute approximate surface area is 160 Å². The summed E-state index contributed by atoms with van der Waals surface area (Å²) >= 11 is 0. The van der Waals surface area contributed by atoms with E-state index in [-0.39, 0.29) is 0 Å². The van der Waals surface area contributed by atoms with Gasteiger partial charge in [-0.25, -0.2) is 15.0 Å². The van der Waals surface area contributed by atoms with Crippen LogP contribution < -0.4 is 0 Å². The average Bonchev–Trinajstić information content (AvgIpc) is 3.12. The first-order valence-electron chi connectivity index (χ1n) is 9.22. The van der Waals surface area contributed by atoms with Crippen molar-refractivity contribution >= 4 is 43.7 Å². The fourth-order valence-corrected chi connectivity index (χ4v) is 4.00. The summed E-state index contributed by atoms with van der Waals surface area (Å²) in [4.78, 5) is 13.9. The van der Waals surface area contributed by atoms with Crippen LogP contribution in [-0.2, 0) is 0 Å². The highest BCUT2D eigenvalue weighted by molar-refractivity contribution is 6.13. The molecule has 3 aromatic carbocycles. The molecule has 4 nitrogen and oxygen atoms in total. The van der Waals surface area contributed by atoms with E-state index in [0.717, 1.165) is 49.7 Å². The van der Waals surface area contributed by atoms with E-state index in [1.54, 1.807) is 6.20 Å². The average molecular weight is 361 g/mol. The predicted molar refractivity (Wildman–Crippen MR) is 112 cm³/mol. The zero-order valence-electron chi connectivity index (χ0n) is 15.2. The fraction of sp³-hybridized carbons (Fsp3) is 0.0417. The SMILES string of the molecule is Cc1nc(-c2cccc3c2oc2ncccc23)c2ccc3ccccc3c2n1. The van der Waals surface area contributed by atoms with Crippen molar-refractivity contribution in [2.45, 2.75) is 6.92 Å². The molecule has 6 aromatic rings. The minimum atomic E-state index is 0.644. The van der Waals surface area contributed by atoms with Crippen molar-refractivity contribution in [2.75, 3.05) is 0 Å². The third-order valence-corrected chi connectivity index (χ3v) is 5.23. The molecule has 0 aliphatic carbocycles. The highest BCUT2D eigenvalue weighted by Gasteiger charge is 2.17. The van der Waals surface area contributed by atoms with Crippen molar-refractivity contribution in [3.8, 4) is 11.3 Å². The molecule has 6 rings (SSSR count). The quantitative estimate of drug-likeness (QED) is 0.334. The first-order chi connectivity index (χ1) is 13.8. The Morgan fingerprint density at radius 3 is 2.54 bits per heavy atom. The van der Waals surface area contributed by atoms with Gasteiger partial charge in [0.1, 0.15) is 11.4 Å². The summed E-state index contributed by atoms with van der Waals surface area (Å²) in [5.74, 6) is 0.741. The predicted octanol–water partition coefficient (Wildman–Crippen LogP) is 6.05. The molecule has 3 heterocycles. The lowest BCUT2D eigenvalue weighted by Gasteiger charge is -2.10. The van der Waals surface area contributed by atoms with Crippen molar-refractivity contribution in [2.24, 2.45) is 0 Å². The molecule has 0 spiro atoms. The number of benzene rings is 3.